The molecule has 2 aromatic rings. The average molecular weight is 441 g/mol. The summed E-state index contributed by atoms with van der Waals surface area (Å²) < 4.78 is 0. The maximum absolute atomic E-state index is 12.6. The van der Waals surface area contributed by atoms with Gasteiger partial charge in [0.1, 0.15) is 0 Å². The summed E-state index contributed by atoms with van der Waals surface area (Å²) in [7, 11) is 1.87. The van der Waals surface area contributed by atoms with Crippen molar-refractivity contribution in [2.45, 2.75) is 43.0 Å². The molecule has 0 unspecified atom stereocenters. The van der Waals surface area contributed by atoms with E-state index >= 15 is 0 Å². The molecule has 3 rings (SSSR count). The van der Waals surface area contributed by atoms with Crippen LogP contribution < -0.4 is 10.6 Å². The van der Waals surface area contributed by atoms with Gasteiger partial charge in [0, 0.05) is 24.2 Å². The Morgan fingerprint density at radius 1 is 1.10 bits per heavy atom. The van der Waals surface area contributed by atoms with Crippen LogP contribution in [0.2, 0.25) is 0 Å². The smallest absolute Gasteiger partial charge is 0.252 e. The molecular weight excluding hydrogens is 412 g/mol. The Kier molecular flexibility index (Phi) is 8.46. The van der Waals surface area contributed by atoms with Crippen LogP contribution >= 0.6 is 11.8 Å². The van der Waals surface area contributed by atoms with Crippen LogP contribution in [-0.2, 0) is 9.59 Å². The second kappa shape index (κ2) is 11.5. The summed E-state index contributed by atoms with van der Waals surface area (Å²) in [5, 5.41) is 5.32. The number of thioether (sulfide) groups is 1. The molecule has 0 aliphatic heterocycles. The minimum absolute atomic E-state index is 0.0722. The Hall–Kier alpha value is -2.87. The van der Waals surface area contributed by atoms with Crippen LogP contribution in [0.1, 0.15) is 42.5 Å². The van der Waals surface area contributed by atoms with Crippen molar-refractivity contribution in [1.82, 2.24) is 15.2 Å². The van der Waals surface area contributed by atoms with Crippen molar-refractivity contribution >= 4 is 35.2 Å². The molecule has 3 amide bonds. The molecule has 1 aromatic carbocycles. The number of nitrogens with one attached hydrogen (secondary N) is 2. The molecule has 164 valence electrons. The summed E-state index contributed by atoms with van der Waals surface area (Å²) in [5.74, 6) is -0.338. The number of anilines is 1. The summed E-state index contributed by atoms with van der Waals surface area (Å²) in [6.45, 7) is -0.157. The van der Waals surface area contributed by atoms with Gasteiger partial charge in [0.2, 0.25) is 11.8 Å². The maximum Gasteiger partial charge on any atom is 0.252 e. The third-order valence-electron chi connectivity index (χ3n) is 5.35. The fourth-order valence-electron chi connectivity index (χ4n) is 3.59. The molecule has 0 radical (unpaired) electrons. The zero-order valence-corrected chi connectivity index (χ0v) is 18.5. The highest BCUT2D eigenvalue weighted by Crippen LogP contribution is 2.25. The van der Waals surface area contributed by atoms with Crippen molar-refractivity contribution < 1.29 is 14.4 Å². The number of aromatic nitrogens is 1. The van der Waals surface area contributed by atoms with Crippen LogP contribution in [0.25, 0.3) is 0 Å². The van der Waals surface area contributed by atoms with Crippen molar-refractivity contribution in [3.63, 3.8) is 0 Å². The Labute approximate surface area is 187 Å². The Balaban J connectivity index is 1.52. The van der Waals surface area contributed by atoms with Gasteiger partial charge in [-0.25, -0.2) is 0 Å². The first-order valence-corrected chi connectivity index (χ1v) is 11.5. The Morgan fingerprint density at radius 2 is 1.87 bits per heavy atom. The molecular formula is C23H28N4O3S. The minimum atomic E-state index is -0.350. The molecule has 0 atom stereocenters. The number of benzene rings is 1. The van der Waals surface area contributed by atoms with Gasteiger partial charge in [-0.05, 0) is 37.1 Å². The molecule has 0 bridgehead atoms. The van der Waals surface area contributed by atoms with Gasteiger partial charge in [0.25, 0.3) is 5.91 Å². The van der Waals surface area contributed by atoms with Crippen LogP contribution in [0.5, 0.6) is 0 Å². The van der Waals surface area contributed by atoms with E-state index in [1.54, 1.807) is 30.5 Å². The summed E-state index contributed by atoms with van der Waals surface area (Å²) >= 11 is 1.35. The zero-order valence-electron chi connectivity index (χ0n) is 17.7. The van der Waals surface area contributed by atoms with Gasteiger partial charge in [-0.2, -0.15) is 0 Å². The lowest BCUT2D eigenvalue weighted by Gasteiger charge is -2.31. The predicted octanol–water partition coefficient (Wildman–Crippen LogP) is 3.33. The van der Waals surface area contributed by atoms with Crippen molar-refractivity contribution in [1.29, 1.82) is 0 Å². The number of carbonyl (C=O) groups is 3. The molecule has 1 fully saturated rings. The van der Waals surface area contributed by atoms with E-state index in [1.807, 2.05) is 24.1 Å². The summed E-state index contributed by atoms with van der Waals surface area (Å²) in [6.07, 6.45) is 8.87. The monoisotopic (exact) mass is 440 g/mol. The fourth-order valence-corrected chi connectivity index (χ4v) is 4.56. The number of rotatable bonds is 8. The third-order valence-corrected chi connectivity index (χ3v) is 6.41. The lowest BCUT2D eigenvalue weighted by molar-refractivity contribution is -0.129. The van der Waals surface area contributed by atoms with Gasteiger partial charge in [0.05, 0.1) is 29.7 Å². The van der Waals surface area contributed by atoms with Crippen molar-refractivity contribution in [2.24, 2.45) is 0 Å². The van der Waals surface area contributed by atoms with E-state index in [0.29, 0.717) is 17.3 Å². The lowest BCUT2D eigenvalue weighted by Crippen LogP contribution is -2.39. The molecule has 1 aliphatic rings. The SMILES string of the molecule is CN(C(=O)CSc1ccccc1C(=O)NCC(=O)Nc1cccnc1)C1CCCCC1. The fraction of sp³-hybridized carbons (Fsp3) is 0.391. The second-order valence-corrected chi connectivity index (χ2v) is 8.57. The zero-order chi connectivity index (χ0) is 22.1. The van der Waals surface area contributed by atoms with Crippen LogP contribution in [0.3, 0.4) is 0 Å². The van der Waals surface area contributed by atoms with Gasteiger partial charge in [-0.1, -0.05) is 31.4 Å². The maximum atomic E-state index is 12.6. The molecule has 0 spiro atoms. The van der Waals surface area contributed by atoms with E-state index < -0.39 is 0 Å². The second-order valence-electron chi connectivity index (χ2n) is 7.55. The number of nitrogens with zero attached hydrogens (tertiary/aromatic N) is 2. The highest BCUT2D eigenvalue weighted by molar-refractivity contribution is 8.00. The van der Waals surface area contributed by atoms with Crippen LogP contribution in [0, 0.1) is 0 Å². The molecule has 7 nitrogen and oxygen atoms in total. The first kappa shape index (κ1) is 22.8. The highest BCUT2D eigenvalue weighted by Gasteiger charge is 2.22. The molecule has 1 aromatic heterocycles. The number of amides is 3. The summed E-state index contributed by atoms with van der Waals surface area (Å²) in [5.41, 5.74) is 1.02. The van der Waals surface area contributed by atoms with Crippen LogP contribution in [0.15, 0.2) is 53.7 Å². The van der Waals surface area contributed by atoms with Crippen LogP contribution in [0.4, 0.5) is 5.69 Å². The first-order valence-electron chi connectivity index (χ1n) is 10.5. The topological polar surface area (TPSA) is 91.4 Å². The lowest BCUT2D eigenvalue weighted by atomic mass is 9.94. The van der Waals surface area contributed by atoms with Crippen molar-refractivity contribution in [3.8, 4) is 0 Å². The Morgan fingerprint density at radius 3 is 2.61 bits per heavy atom. The largest absolute Gasteiger partial charge is 0.343 e. The number of hydrogen-bond acceptors (Lipinski definition) is 5. The molecule has 1 aliphatic carbocycles. The van der Waals surface area contributed by atoms with E-state index in [-0.39, 0.29) is 30.0 Å². The molecule has 2 N–H and O–H groups in total. The van der Waals surface area contributed by atoms with Gasteiger partial charge < -0.3 is 15.5 Å². The molecule has 1 saturated carbocycles. The van der Waals surface area contributed by atoms with E-state index in [4.69, 9.17) is 0 Å². The third kappa shape index (κ3) is 6.82. The molecule has 0 saturated heterocycles. The van der Waals surface area contributed by atoms with E-state index in [9.17, 15) is 14.4 Å². The van der Waals surface area contributed by atoms with Gasteiger partial charge in [-0.3, -0.25) is 19.4 Å². The number of carbonyl (C=O) groups excluding carboxylic acids is 3. The van der Waals surface area contributed by atoms with Gasteiger partial charge in [0.15, 0.2) is 0 Å². The van der Waals surface area contributed by atoms with Crippen LogP contribution in [-0.4, -0.2) is 53.0 Å². The predicted molar refractivity (Wildman–Crippen MR) is 122 cm³/mol. The highest BCUT2D eigenvalue weighted by atomic mass is 32.2. The quantitative estimate of drug-likeness (QED) is 0.615. The van der Waals surface area contributed by atoms with Gasteiger partial charge >= 0.3 is 0 Å². The standard InChI is InChI=1S/C23H28N4O3S/c1-27(18-9-3-2-4-10-18)22(29)16-31-20-12-6-5-11-19(20)23(30)25-15-21(28)26-17-8-7-13-24-14-17/h5-8,11-14,18H,2-4,9-10,15-16H2,1H3,(H,25,30)(H,26,28). The minimum Gasteiger partial charge on any atom is -0.343 e. The normalized spacial score (nSPS) is 14.0. The molecule has 8 heteroatoms. The number of pyridine rings is 1. The number of hydrogen-bond donors (Lipinski definition) is 2. The summed E-state index contributed by atoms with van der Waals surface area (Å²) in [4.78, 5) is 43.8. The van der Waals surface area contributed by atoms with Crippen molar-refractivity contribution in [2.75, 3.05) is 24.7 Å². The van der Waals surface area contributed by atoms with E-state index in [1.165, 1.54) is 37.2 Å². The Bertz CT molecular complexity index is 901. The van der Waals surface area contributed by atoms with E-state index in [2.05, 4.69) is 15.6 Å². The van der Waals surface area contributed by atoms with Crippen molar-refractivity contribution in [3.05, 3.63) is 54.4 Å². The van der Waals surface area contributed by atoms with E-state index in [0.717, 1.165) is 17.7 Å². The molecule has 1 heterocycles. The summed E-state index contributed by atoms with van der Waals surface area (Å²) in [6, 6.07) is 10.9. The van der Waals surface area contributed by atoms with Gasteiger partial charge in [-0.15, -0.1) is 11.8 Å². The molecule has 31 heavy (non-hydrogen) atoms. The first-order chi connectivity index (χ1) is 15.0. The average Bonchev–Trinajstić information content (AvgIpc) is 2.82.